The van der Waals surface area contributed by atoms with Gasteiger partial charge in [0, 0.05) is 13.6 Å². The van der Waals surface area contributed by atoms with Crippen LogP contribution in [0.15, 0.2) is 12.2 Å². The van der Waals surface area contributed by atoms with E-state index in [2.05, 4.69) is 12.2 Å². The van der Waals surface area contributed by atoms with Gasteiger partial charge >= 0.3 is 0 Å². The van der Waals surface area contributed by atoms with Crippen LogP contribution < -0.4 is 0 Å². The van der Waals surface area contributed by atoms with Crippen LogP contribution in [-0.2, 0) is 14.4 Å². The second-order valence-corrected chi connectivity index (χ2v) is 6.08. The van der Waals surface area contributed by atoms with E-state index < -0.39 is 0 Å². The number of imide groups is 1. The van der Waals surface area contributed by atoms with Crippen LogP contribution in [0.25, 0.3) is 0 Å². The summed E-state index contributed by atoms with van der Waals surface area (Å²) in [6.45, 7) is 2.54. The summed E-state index contributed by atoms with van der Waals surface area (Å²) >= 11 is 0. The van der Waals surface area contributed by atoms with Gasteiger partial charge in [0.25, 0.3) is 0 Å². The second kappa shape index (κ2) is 4.72. The Morgan fingerprint density at radius 3 is 2.30 bits per heavy atom. The number of fused-ring (bicyclic) bond motifs is 5. The fourth-order valence-electron chi connectivity index (χ4n) is 3.84. The van der Waals surface area contributed by atoms with Crippen molar-refractivity contribution in [3.63, 3.8) is 0 Å². The van der Waals surface area contributed by atoms with Crippen molar-refractivity contribution in [3.8, 4) is 0 Å². The maximum Gasteiger partial charge on any atom is 0.242 e. The normalized spacial score (nSPS) is 34.0. The monoisotopic (exact) mass is 276 g/mol. The highest BCUT2D eigenvalue weighted by Gasteiger charge is 2.59. The van der Waals surface area contributed by atoms with Gasteiger partial charge < -0.3 is 4.90 Å². The minimum Gasteiger partial charge on any atom is -0.344 e. The Balaban J connectivity index is 1.72. The van der Waals surface area contributed by atoms with Crippen molar-refractivity contribution in [1.82, 2.24) is 9.80 Å². The lowest BCUT2D eigenvalue weighted by Gasteiger charge is -2.21. The standard InChI is InChI=1S/C15H20N2O3/c1-3-6-16(2)11(18)8-17-14(19)12-9-4-5-10(7-9)13(12)15(17)20/h4-5,9-10,12-13H,3,6-8H2,1-2H3/t9-,10-,12+,13+/m0/s1. The molecule has 2 fully saturated rings. The number of allylic oxidation sites excluding steroid dienone is 2. The Morgan fingerprint density at radius 1 is 1.25 bits per heavy atom. The summed E-state index contributed by atoms with van der Waals surface area (Å²) in [5.41, 5.74) is 0. The van der Waals surface area contributed by atoms with Crippen LogP contribution in [0.2, 0.25) is 0 Å². The molecule has 4 atom stereocenters. The van der Waals surface area contributed by atoms with Gasteiger partial charge in [0.05, 0.1) is 11.8 Å². The molecule has 0 radical (unpaired) electrons. The van der Waals surface area contributed by atoms with E-state index in [0.717, 1.165) is 12.8 Å². The molecule has 3 aliphatic rings. The summed E-state index contributed by atoms with van der Waals surface area (Å²) in [5.74, 6) is -0.451. The number of rotatable bonds is 4. The van der Waals surface area contributed by atoms with Crippen molar-refractivity contribution in [2.75, 3.05) is 20.1 Å². The van der Waals surface area contributed by atoms with Gasteiger partial charge in [0.2, 0.25) is 17.7 Å². The van der Waals surface area contributed by atoms with Crippen molar-refractivity contribution in [1.29, 1.82) is 0 Å². The fraction of sp³-hybridized carbons (Fsp3) is 0.667. The Hall–Kier alpha value is -1.65. The number of carbonyl (C=O) groups excluding carboxylic acids is 3. The predicted octanol–water partition coefficient (Wildman–Crippen LogP) is 0.662. The molecule has 1 heterocycles. The summed E-state index contributed by atoms with van der Waals surface area (Å²) in [5, 5.41) is 0. The van der Waals surface area contributed by atoms with Gasteiger partial charge in [-0.3, -0.25) is 19.3 Å². The molecule has 1 saturated heterocycles. The number of likely N-dealkylation sites (N-methyl/N-ethyl adjacent to an activating group) is 1. The molecule has 0 aromatic heterocycles. The second-order valence-electron chi connectivity index (χ2n) is 6.08. The van der Waals surface area contributed by atoms with E-state index in [-0.39, 0.29) is 47.9 Å². The molecule has 0 spiro atoms. The maximum absolute atomic E-state index is 12.4. The smallest absolute Gasteiger partial charge is 0.242 e. The molecule has 1 aliphatic heterocycles. The lowest BCUT2D eigenvalue weighted by atomic mass is 9.85. The average molecular weight is 276 g/mol. The lowest BCUT2D eigenvalue weighted by molar-refractivity contribution is -0.146. The molecular weight excluding hydrogens is 256 g/mol. The Kier molecular flexibility index (Phi) is 3.15. The topological polar surface area (TPSA) is 57.7 Å². The molecule has 3 rings (SSSR count). The highest BCUT2D eigenvalue weighted by atomic mass is 16.2. The van der Waals surface area contributed by atoms with E-state index in [1.807, 2.05) is 6.92 Å². The summed E-state index contributed by atoms with van der Waals surface area (Å²) in [6, 6.07) is 0. The number of hydrogen-bond acceptors (Lipinski definition) is 3. The first kappa shape index (κ1) is 13.3. The number of nitrogens with zero attached hydrogens (tertiary/aromatic N) is 2. The van der Waals surface area contributed by atoms with Crippen molar-refractivity contribution >= 4 is 17.7 Å². The molecule has 5 heteroatoms. The van der Waals surface area contributed by atoms with Gasteiger partial charge in [-0.25, -0.2) is 0 Å². The highest BCUT2D eigenvalue weighted by Crippen LogP contribution is 2.52. The first-order valence-corrected chi connectivity index (χ1v) is 7.32. The van der Waals surface area contributed by atoms with Crippen molar-refractivity contribution in [2.24, 2.45) is 23.7 Å². The highest BCUT2D eigenvalue weighted by molar-refractivity contribution is 6.08. The van der Waals surface area contributed by atoms with E-state index in [9.17, 15) is 14.4 Å². The zero-order valence-corrected chi connectivity index (χ0v) is 11.9. The van der Waals surface area contributed by atoms with Crippen LogP contribution in [0, 0.1) is 23.7 Å². The Bertz CT molecular complexity index is 469. The SMILES string of the molecule is CCCN(C)C(=O)CN1C(=O)[C@H]2[C@H](C1=O)[C@H]1C=C[C@H]2C1. The number of carbonyl (C=O) groups is 3. The van der Waals surface area contributed by atoms with Crippen molar-refractivity contribution in [3.05, 3.63) is 12.2 Å². The van der Waals surface area contributed by atoms with E-state index in [1.54, 1.807) is 11.9 Å². The quantitative estimate of drug-likeness (QED) is 0.560. The van der Waals surface area contributed by atoms with Gasteiger partial charge in [-0.05, 0) is 24.7 Å². The molecule has 2 bridgehead atoms. The molecule has 0 aromatic rings. The van der Waals surface area contributed by atoms with Crippen LogP contribution in [0.3, 0.4) is 0 Å². The van der Waals surface area contributed by atoms with E-state index in [1.165, 1.54) is 4.90 Å². The molecule has 3 amide bonds. The van der Waals surface area contributed by atoms with E-state index in [0.29, 0.717) is 6.54 Å². The van der Waals surface area contributed by atoms with E-state index >= 15 is 0 Å². The molecule has 2 aliphatic carbocycles. The number of likely N-dealkylation sites (tertiary alicyclic amines) is 1. The first-order chi connectivity index (χ1) is 9.54. The lowest BCUT2D eigenvalue weighted by Crippen LogP contribution is -2.42. The maximum atomic E-state index is 12.4. The average Bonchev–Trinajstić information content (AvgIpc) is 3.08. The molecule has 0 N–H and O–H groups in total. The summed E-state index contributed by atoms with van der Waals surface area (Å²) in [6.07, 6.45) is 5.91. The van der Waals surface area contributed by atoms with Crippen molar-refractivity contribution in [2.45, 2.75) is 19.8 Å². The third kappa shape index (κ3) is 1.79. The Labute approximate surface area is 118 Å². The zero-order valence-electron chi connectivity index (χ0n) is 11.9. The van der Waals surface area contributed by atoms with Gasteiger partial charge in [0.1, 0.15) is 6.54 Å². The van der Waals surface area contributed by atoms with Gasteiger partial charge in [-0.15, -0.1) is 0 Å². The van der Waals surface area contributed by atoms with Crippen molar-refractivity contribution < 1.29 is 14.4 Å². The van der Waals surface area contributed by atoms with Crippen LogP contribution in [0.1, 0.15) is 19.8 Å². The van der Waals surface area contributed by atoms with Gasteiger partial charge in [-0.1, -0.05) is 19.1 Å². The molecule has 20 heavy (non-hydrogen) atoms. The van der Waals surface area contributed by atoms with Gasteiger partial charge in [0.15, 0.2) is 0 Å². The van der Waals surface area contributed by atoms with Crippen LogP contribution >= 0.6 is 0 Å². The molecular formula is C15H20N2O3. The first-order valence-electron chi connectivity index (χ1n) is 7.32. The summed E-state index contributed by atoms with van der Waals surface area (Å²) in [7, 11) is 1.71. The largest absolute Gasteiger partial charge is 0.344 e. The molecule has 0 aromatic carbocycles. The predicted molar refractivity (Wildman–Crippen MR) is 72.4 cm³/mol. The molecule has 5 nitrogen and oxygen atoms in total. The van der Waals surface area contributed by atoms with Crippen LogP contribution in [0.4, 0.5) is 0 Å². The molecule has 108 valence electrons. The minimum absolute atomic E-state index is 0.0966. The fourth-order valence-corrected chi connectivity index (χ4v) is 3.84. The van der Waals surface area contributed by atoms with E-state index in [4.69, 9.17) is 0 Å². The molecule has 0 unspecified atom stereocenters. The zero-order chi connectivity index (χ0) is 14.4. The van der Waals surface area contributed by atoms with Crippen LogP contribution in [0.5, 0.6) is 0 Å². The third-order valence-electron chi connectivity index (χ3n) is 4.84. The third-order valence-corrected chi connectivity index (χ3v) is 4.84. The summed E-state index contributed by atoms with van der Waals surface area (Å²) < 4.78 is 0. The molecule has 1 saturated carbocycles. The van der Waals surface area contributed by atoms with Crippen LogP contribution in [-0.4, -0.2) is 47.7 Å². The summed E-state index contributed by atoms with van der Waals surface area (Å²) in [4.78, 5) is 39.6. The Morgan fingerprint density at radius 2 is 1.80 bits per heavy atom. The number of hydrogen-bond donors (Lipinski definition) is 0. The number of amides is 3. The van der Waals surface area contributed by atoms with Gasteiger partial charge in [-0.2, -0.15) is 0 Å². The minimum atomic E-state index is -0.207.